The quantitative estimate of drug-likeness (QED) is 0.389. The summed E-state index contributed by atoms with van der Waals surface area (Å²) in [4.78, 5) is 5.25. The Morgan fingerprint density at radius 2 is 1.97 bits per heavy atom. The van der Waals surface area contributed by atoms with Crippen LogP contribution in [0.5, 0.6) is 0 Å². The van der Waals surface area contributed by atoms with Crippen molar-refractivity contribution in [3.05, 3.63) is 57.1 Å². The van der Waals surface area contributed by atoms with Gasteiger partial charge in [0, 0.05) is 36.6 Å². The molecule has 3 N–H and O–H groups in total. The molecule has 0 atom stereocenters. The molecular formula is C19H20Cl2FN5O2S2. The molecule has 166 valence electrons. The number of halogens is 3. The van der Waals surface area contributed by atoms with Gasteiger partial charge in [-0.2, -0.15) is 0 Å². The maximum absolute atomic E-state index is 14.8. The van der Waals surface area contributed by atoms with Crippen LogP contribution in [0.15, 0.2) is 46.1 Å². The molecule has 0 aliphatic rings. The number of hydrogen-bond acceptors (Lipinski definition) is 7. The van der Waals surface area contributed by atoms with Crippen LogP contribution in [0.2, 0.25) is 10.0 Å². The minimum Gasteiger partial charge on any atom is -0.372 e. The van der Waals surface area contributed by atoms with Crippen molar-refractivity contribution in [3.8, 4) is 0 Å². The lowest BCUT2D eigenvalue weighted by Crippen LogP contribution is -2.27. The highest BCUT2D eigenvalue weighted by molar-refractivity contribution is 7.92. The fourth-order valence-electron chi connectivity index (χ4n) is 2.76. The molecule has 0 saturated carbocycles. The zero-order chi connectivity index (χ0) is 22.6. The first-order valence-electron chi connectivity index (χ1n) is 9.03. The van der Waals surface area contributed by atoms with Crippen LogP contribution in [0.25, 0.3) is 0 Å². The van der Waals surface area contributed by atoms with Gasteiger partial charge in [-0.05, 0) is 31.3 Å². The zero-order valence-corrected chi connectivity index (χ0v) is 19.8. The van der Waals surface area contributed by atoms with Crippen molar-refractivity contribution >= 4 is 67.4 Å². The van der Waals surface area contributed by atoms with Gasteiger partial charge in [-0.15, -0.1) is 11.3 Å². The first-order valence-corrected chi connectivity index (χ1v) is 12.2. The summed E-state index contributed by atoms with van der Waals surface area (Å²) in [6, 6.07) is 7.33. The van der Waals surface area contributed by atoms with Gasteiger partial charge in [0.2, 0.25) is 0 Å². The average molecular weight is 504 g/mol. The van der Waals surface area contributed by atoms with E-state index in [-0.39, 0.29) is 16.5 Å². The Bertz CT molecular complexity index is 1160. The van der Waals surface area contributed by atoms with E-state index < -0.39 is 20.7 Å². The predicted molar refractivity (Wildman–Crippen MR) is 126 cm³/mol. The number of nitrogens with zero attached hydrogens (tertiary/aromatic N) is 2. The van der Waals surface area contributed by atoms with Crippen LogP contribution in [-0.4, -0.2) is 40.6 Å². The Hall–Kier alpha value is -2.11. The van der Waals surface area contributed by atoms with Gasteiger partial charge < -0.3 is 15.5 Å². The van der Waals surface area contributed by atoms with E-state index in [9.17, 15) is 12.8 Å². The number of sulfonamides is 1. The lowest BCUT2D eigenvalue weighted by atomic mass is 10.2. The van der Waals surface area contributed by atoms with E-state index in [2.05, 4.69) is 20.3 Å². The molecule has 1 aromatic heterocycles. The Balaban J connectivity index is 1.91. The molecule has 2 aromatic carbocycles. The van der Waals surface area contributed by atoms with Crippen molar-refractivity contribution in [2.24, 2.45) is 0 Å². The van der Waals surface area contributed by atoms with Crippen LogP contribution in [-0.2, 0) is 10.0 Å². The number of thiazole rings is 1. The second kappa shape index (κ2) is 10.0. The highest BCUT2D eigenvalue weighted by Gasteiger charge is 2.23. The molecule has 3 rings (SSSR count). The molecule has 7 nitrogen and oxygen atoms in total. The minimum absolute atomic E-state index is 0.0406. The number of anilines is 4. The molecule has 0 aliphatic carbocycles. The Kier molecular flexibility index (Phi) is 7.60. The van der Waals surface area contributed by atoms with Gasteiger partial charge in [-0.25, -0.2) is 17.8 Å². The molecular weight excluding hydrogens is 484 g/mol. The maximum atomic E-state index is 14.8. The monoisotopic (exact) mass is 503 g/mol. The fraction of sp³-hybridized carbons (Fsp3) is 0.211. The molecule has 0 unspecified atom stereocenters. The van der Waals surface area contributed by atoms with Gasteiger partial charge >= 0.3 is 0 Å². The standard InChI is InChI=1S/C19H20Cl2FN5O2S2/c1-23-5-6-27(2)17-7-12(20)3-4-15(17)25-16-9-14(22)18(8-13(16)21)31(28,29)26-19-10-30-11-24-19/h3-4,7-11,23,25-26H,5-6H2,1-2H3. The summed E-state index contributed by atoms with van der Waals surface area (Å²) in [5.74, 6) is -0.841. The summed E-state index contributed by atoms with van der Waals surface area (Å²) in [6.45, 7) is 1.45. The van der Waals surface area contributed by atoms with E-state index in [0.717, 1.165) is 24.4 Å². The molecule has 0 bridgehead atoms. The molecule has 0 spiro atoms. The third-order valence-electron chi connectivity index (χ3n) is 4.32. The summed E-state index contributed by atoms with van der Waals surface area (Å²) in [5, 5.41) is 8.23. The predicted octanol–water partition coefficient (Wildman–Crippen LogP) is 4.79. The Morgan fingerprint density at radius 3 is 2.65 bits per heavy atom. The number of likely N-dealkylation sites (N-methyl/N-ethyl adjacent to an activating group) is 2. The molecule has 31 heavy (non-hydrogen) atoms. The number of benzene rings is 2. The summed E-state index contributed by atoms with van der Waals surface area (Å²) in [5.41, 5.74) is 3.10. The van der Waals surface area contributed by atoms with Crippen molar-refractivity contribution in [3.63, 3.8) is 0 Å². The summed E-state index contributed by atoms with van der Waals surface area (Å²) in [7, 11) is -0.437. The smallest absolute Gasteiger partial charge is 0.266 e. The van der Waals surface area contributed by atoms with Gasteiger partial charge in [0.15, 0.2) is 5.82 Å². The fourth-order valence-corrected chi connectivity index (χ4v) is 4.84. The van der Waals surface area contributed by atoms with Crippen LogP contribution in [0.3, 0.4) is 0 Å². The summed E-state index contributed by atoms with van der Waals surface area (Å²) < 4.78 is 42.1. The van der Waals surface area contributed by atoms with E-state index in [4.69, 9.17) is 23.2 Å². The van der Waals surface area contributed by atoms with Gasteiger partial charge in [-0.3, -0.25) is 4.72 Å². The van der Waals surface area contributed by atoms with Gasteiger partial charge in [-0.1, -0.05) is 23.2 Å². The maximum Gasteiger partial charge on any atom is 0.266 e. The van der Waals surface area contributed by atoms with E-state index >= 15 is 0 Å². The second-order valence-corrected chi connectivity index (χ2v) is 9.77. The summed E-state index contributed by atoms with van der Waals surface area (Å²) in [6.07, 6.45) is 0. The molecule has 0 amide bonds. The third kappa shape index (κ3) is 5.78. The van der Waals surface area contributed by atoms with Gasteiger partial charge in [0.05, 0.1) is 27.6 Å². The molecule has 0 radical (unpaired) electrons. The largest absolute Gasteiger partial charge is 0.372 e. The second-order valence-electron chi connectivity index (χ2n) is 6.55. The average Bonchev–Trinajstić information content (AvgIpc) is 3.22. The molecule has 0 aliphatic heterocycles. The van der Waals surface area contributed by atoms with E-state index in [1.54, 1.807) is 18.2 Å². The van der Waals surface area contributed by atoms with E-state index in [1.165, 1.54) is 22.2 Å². The first kappa shape index (κ1) is 23.6. The minimum atomic E-state index is -4.19. The van der Waals surface area contributed by atoms with Crippen LogP contribution in [0.4, 0.5) is 27.3 Å². The summed E-state index contributed by atoms with van der Waals surface area (Å²) >= 11 is 13.7. The van der Waals surface area contributed by atoms with Crippen molar-refractivity contribution in [2.45, 2.75) is 4.90 Å². The van der Waals surface area contributed by atoms with Crippen molar-refractivity contribution in [2.75, 3.05) is 42.1 Å². The van der Waals surface area contributed by atoms with Crippen LogP contribution < -0.4 is 20.3 Å². The van der Waals surface area contributed by atoms with Gasteiger partial charge in [0.1, 0.15) is 10.7 Å². The Morgan fingerprint density at radius 1 is 1.19 bits per heavy atom. The van der Waals surface area contributed by atoms with E-state index in [1.807, 2.05) is 19.0 Å². The zero-order valence-electron chi connectivity index (χ0n) is 16.6. The van der Waals surface area contributed by atoms with Gasteiger partial charge in [0.25, 0.3) is 10.0 Å². The van der Waals surface area contributed by atoms with E-state index in [0.29, 0.717) is 17.3 Å². The number of rotatable bonds is 9. The topological polar surface area (TPSA) is 86.4 Å². The first-order chi connectivity index (χ1) is 14.7. The SMILES string of the molecule is CNCCN(C)c1cc(Cl)ccc1Nc1cc(F)c(S(=O)(=O)Nc2cscn2)cc1Cl. The highest BCUT2D eigenvalue weighted by Crippen LogP contribution is 2.35. The molecule has 0 fully saturated rings. The lowest BCUT2D eigenvalue weighted by Gasteiger charge is -2.23. The normalized spacial score (nSPS) is 11.4. The molecule has 12 heteroatoms. The lowest BCUT2D eigenvalue weighted by molar-refractivity contribution is 0.570. The van der Waals surface area contributed by atoms with Crippen molar-refractivity contribution in [1.82, 2.24) is 10.3 Å². The Labute approximate surface area is 194 Å². The number of hydrogen-bond donors (Lipinski definition) is 3. The molecule has 1 heterocycles. The number of aromatic nitrogens is 1. The van der Waals surface area contributed by atoms with Crippen LogP contribution in [0, 0.1) is 5.82 Å². The van der Waals surface area contributed by atoms with Crippen molar-refractivity contribution < 1.29 is 12.8 Å². The molecule has 3 aromatic rings. The third-order valence-corrected chi connectivity index (χ3v) is 6.82. The van der Waals surface area contributed by atoms with Crippen LogP contribution in [0.1, 0.15) is 0 Å². The number of nitrogens with one attached hydrogen (secondary N) is 3. The van der Waals surface area contributed by atoms with Crippen LogP contribution >= 0.6 is 34.5 Å². The van der Waals surface area contributed by atoms with Crippen molar-refractivity contribution in [1.29, 1.82) is 0 Å². The highest BCUT2D eigenvalue weighted by atomic mass is 35.5. The molecule has 0 saturated heterocycles.